The molecule has 0 aliphatic carbocycles. The number of hydrogen-bond acceptors (Lipinski definition) is 4. The summed E-state index contributed by atoms with van der Waals surface area (Å²) in [4.78, 5) is 30.5. The molecule has 5 nitrogen and oxygen atoms in total. The first-order chi connectivity index (χ1) is 11.1. The number of carbonyl (C=O) groups excluding carboxylic acids is 1. The lowest BCUT2D eigenvalue weighted by molar-refractivity contribution is 0.0937. The van der Waals surface area contributed by atoms with Gasteiger partial charge in [-0.15, -0.1) is 11.3 Å². The van der Waals surface area contributed by atoms with Crippen LogP contribution in [0.2, 0.25) is 0 Å². The first-order valence-electron chi connectivity index (χ1n) is 7.91. The van der Waals surface area contributed by atoms with E-state index in [0.29, 0.717) is 6.54 Å². The highest BCUT2D eigenvalue weighted by molar-refractivity contribution is 7.10. The maximum Gasteiger partial charge on any atom is 0.260 e. The molecule has 122 valence electrons. The normalized spacial score (nSPS) is 16.4. The van der Waals surface area contributed by atoms with Gasteiger partial charge in [0.25, 0.3) is 11.5 Å². The van der Waals surface area contributed by atoms with Gasteiger partial charge < -0.3 is 10.3 Å². The average Bonchev–Trinajstić information content (AvgIpc) is 3.21. The molecule has 1 aliphatic rings. The Morgan fingerprint density at radius 3 is 2.78 bits per heavy atom. The van der Waals surface area contributed by atoms with Crippen LogP contribution in [0.5, 0.6) is 0 Å². The van der Waals surface area contributed by atoms with E-state index < -0.39 is 0 Å². The van der Waals surface area contributed by atoms with Crippen molar-refractivity contribution in [2.24, 2.45) is 0 Å². The van der Waals surface area contributed by atoms with Gasteiger partial charge in [0.2, 0.25) is 0 Å². The van der Waals surface area contributed by atoms with Crippen LogP contribution >= 0.6 is 11.3 Å². The number of thiophene rings is 1. The predicted octanol–water partition coefficient (Wildman–Crippen LogP) is 2.31. The number of carbonyl (C=O) groups is 1. The lowest BCUT2D eigenvalue weighted by atomic mass is 10.2. The number of nitrogens with one attached hydrogen (secondary N) is 2. The highest BCUT2D eigenvalue weighted by Gasteiger charge is 2.25. The molecule has 1 atom stereocenters. The summed E-state index contributed by atoms with van der Waals surface area (Å²) in [5.74, 6) is -0.313. The van der Waals surface area contributed by atoms with Crippen LogP contribution in [0.1, 0.15) is 39.8 Å². The Hall–Kier alpha value is -1.92. The van der Waals surface area contributed by atoms with E-state index in [4.69, 9.17) is 0 Å². The fourth-order valence-corrected chi connectivity index (χ4v) is 3.84. The zero-order valence-electron chi connectivity index (χ0n) is 13.2. The van der Waals surface area contributed by atoms with Gasteiger partial charge in [-0.05, 0) is 56.4 Å². The highest BCUT2D eigenvalue weighted by Crippen LogP contribution is 2.27. The summed E-state index contributed by atoms with van der Waals surface area (Å²) in [5.41, 5.74) is 0.582. The van der Waals surface area contributed by atoms with Crippen molar-refractivity contribution >= 4 is 17.2 Å². The number of aromatic nitrogens is 1. The van der Waals surface area contributed by atoms with Crippen LogP contribution < -0.4 is 10.9 Å². The van der Waals surface area contributed by atoms with Crippen LogP contribution in [-0.2, 0) is 0 Å². The third-order valence-corrected chi connectivity index (χ3v) is 5.18. The summed E-state index contributed by atoms with van der Waals surface area (Å²) in [5, 5.41) is 4.99. The summed E-state index contributed by atoms with van der Waals surface area (Å²) in [6.07, 6.45) is 2.40. The molecule has 2 aromatic rings. The minimum absolute atomic E-state index is 0.168. The number of aromatic amines is 1. The smallest absolute Gasteiger partial charge is 0.260 e. The van der Waals surface area contributed by atoms with Crippen molar-refractivity contribution in [2.45, 2.75) is 25.8 Å². The second kappa shape index (κ2) is 7.10. The Labute approximate surface area is 139 Å². The van der Waals surface area contributed by atoms with Crippen molar-refractivity contribution in [3.63, 3.8) is 0 Å². The van der Waals surface area contributed by atoms with Gasteiger partial charge in [-0.1, -0.05) is 6.07 Å². The van der Waals surface area contributed by atoms with Crippen LogP contribution in [0, 0.1) is 6.92 Å². The third-order valence-electron chi connectivity index (χ3n) is 4.21. The lowest BCUT2D eigenvalue weighted by Crippen LogP contribution is -2.38. The van der Waals surface area contributed by atoms with E-state index in [1.165, 1.54) is 17.7 Å². The zero-order chi connectivity index (χ0) is 16.2. The molecular formula is C17H21N3O2S. The first-order valence-corrected chi connectivity index (χ1v) is 8.78. The van der Waals surface area contributed by atoms with Gasteiger partial charge >= 0.3 is 0 Å². The number of rotatable bonds is 5. The Balaban J connectivity index is 1.71. The number of H-pyrrole nitrogens is 1. The van der Waals surface area contributed by atoms with Gasteiger partial charge in [0.05, 0.1) is 6.04 Å². The molecule has 6 heteroatoms. The van der Waals surface area contributed by atoms with Crippen LogP contribution in [-0.4, -0.2) is 35.4 Å². The minimum Gasteiger partial charge on any atom is -0.350 e. The number of nitrogens with zero attached hydrogens (tertiary/aromatic N) is 1. The number of hydrogen-bond donors (Lipinski definition) is 2. The van der Waals surface area contributed by atoms with Gasteiger partial charge in [0.15, 0.2) is 0 Å². The fourth-order valence-electron chi connectivity index (χ4n) is 2.98. The van der Waals surface area contributed by atoms with E-state index in [1.54, 1.807) is 30.4 Å². The van der Waals surface area contributed by atoms with E-state index in [2.05, 4.69) is 26.6 Å². The van der Waals surface area contributed by atoms with Gasteiger partial charge in [0.1, 0.15) is 5.56 Å². The Bertz CT molecular complexity index is 718. The van der Waals surface area contributed by atoms with Crippen LogP contribution in [0.4, 0.5) is 0 Å². The van der Waals surface area contributed by atoms with Gasteiger partial charge in [-0.3, -0.25) is 14.5 Å². The molecule has 23 heavy (non-hydrogen) atoms. The summed E-state index contributed by atoms with van der Waals surface area (Å²) < 4.78 is 0. The fraction of sp³-hybridized carbons (Fsp3) is 0.412. The summed E-state index contributed by atoms with van der Waals surface area (Å²) >= 11 is 1.71. The lowest BCUT2D eigenvalue weighted by Gasteiger charge is -2.26. The van der Waals surface area contributed by atoms with Crippen molar-refractivity contribution in [3.05, 3.63) is 56.1 Å². The van der Waals surface area contributed by atoms with E-state index in [1.807, 2.05) is 6.07 Å². The maximum absolute atomic E-state index is 12.3. The number of pyridine rings is 1. The van der Waals surface area contributed by atoms with E-state index in [9.17, 15) is 9.59 Å². The molecule has 0 saturated carbocycles. The second-order valence-electron chi connectivity index (χ2n) is 5.87. The Kier molecular flexibility index (Phi) is 4.93. The van der Waals surface area contributed by atoms with Crippen molar-refractivity contribution in [1.82, 2.24) is 15.2 Å². The zero-order valence-corrected chi connectivity index (χ0v) is 14.0. The maximum atomic E-state index is 12.3. The third kappa shape index (κ3) is 3.71. The number of aryl methyl sites for hydroxylation is 1. The second-order valence-corrected chi connectivity index (χ2v) is 6.85. The van der Waals surface area contributed by atoms with Crippen LogP contribution in [0.3, 0.4) is 0 Å². The first kappa shape index (κ1) is 16.0. The van der Waals surface area contributed by atoms with Crippen LogP contribution in [0.25, 0.3) is 0 Å². The molecule has 0 bridgehead atoms. The molecule has 3 heterocycles. The molecule has 1 fully saturated rings. The standard InChI is InChI=1S/C17H21N3O2S/c1-12-6-7-13(17(22)19-12)16(21)18-11-14(15-5-4-10-23-15)20-8-2-3-9-20/h4-7,10,14H,2-3,8-9,11H2,1H3,(H,18,21)(H,19,22). The van der Waals surface area contributed by atoms with Crippen molar-refractivity contribution in [1.29, 1.82) is 0 Å². The van der Waals surface area contributed by atoms with Crippen LogP contribution in [0.15, 0.2) is 34.4 Å². The van der Waals surface area contributed by atoms with Crippen molar-refractivity contribution in [2.75, 3.05) is 19.6 Å². The SMILES string of the molecule is Cc1ccc(C(=O)NCC(c2cccs2)N2CCCC2)c(=O)[nH]1. The molecule has 0 spiro atoms. The largest absolute Gasteiger partial charge is 0.350 e. The molecule has 1 unspecified atom stereocenters. The summed E-state index contributed by atoms with van der Waals surface area (Å²) in [7, 11) is 0. The highest BCUT2D eigenvalue weighted by atomic mass is 32.1. The minimum atomic E-state index is -0.337. The molecule has 1 amide bonds. The average molecular weight is 331 g/mol. The van der Waals surface area contributed by atoms with E-state index in [-0.39, 0.29) is 23.1 Å². The Morgan fingerprint density at radius 1 is 1.35 bits per heavy atom. The van der Waals surface area contributed by atoms with Gasteiger partial charge in [0, 0.05) is 17.1 Å². The van der Waals surface area contributed by atoms with E-state index >= 15 is 0 Å². The predicted molar refractivity (Wildman–Crippen MR) is 92.0 cm³/mol. The quantitative estimate of drug-likeness (QED) is 0.884. The van der Waals surface area contributed by atoms with E-state index in [0.717, 1.165) is 18.8 Å². The molecule has 1 aliphatic heterocycles. The van der Waals surface area contributed by atoms with Gasteiger partial charge in [-0.25, -0.2) is 0 Å². The Morgan fingerprint density at radius 2 is 2.13 bits per heavy atom. The molecule has 3 rings (SSSR count). The molecular weight excluding hydrogens is 310 g/mol. The number of likely N-dealkylation sites (tertiary alicyclic amines) is 1. The topological polar surface area (TPSA) is 65.2 Å². The summed E-state index contributed by atoms with van der Waals surface area (Å²) in [6, 6.07) is 7.66. The molecule has 2 aromatic heterocycles. The van der Waals surface area contributed by atoms with Crippen molar-refractivity contribution in [3.8, 4) is 0 Å². The monoisotopic (exact) mass is 331 g/mol. The molecule has 0 radical (unpaired) electrons. The van der Waals surface area contributed by atoms with Gasteiger partial charge in [-0.2, -0.15) is 0 Å². The van der Waals surface area contributed by atoms with Crippen molar-refractivity contribution < 1.29 is 4.79 Å². The number of amides is 1. The molecule has 1 saturated heterocycles. The molecule has 0 aromatic carbocycles. The summed E-state index contributed by atoms with van der Waals surface area (Å²) in [6.45, 7) is 4.43. The molecule has 2 N–H and O–H groups in total.